The molecule has 1 aromatic rings. The van der Waals surface area contributed by atoms with E-state index >= 15 is 0 Å². The van der Waals surface area contributed by atoms with Gasteiger partial charge in [0.05, 0.1) is 13.2 Å². The van der Waals surface area contributed by atoms with Gasteiger partial charge in [0.25, 0.3) is 0 Å². The second-order valence-electron chi connectivity index (χ2n) is 5.34. The van der Waals surface area contributed by atoms with Gasteiger partial charge < -0.3 is 10.1 Å². The molecule has 1 N–H and O–H groups in total. The Kier molecular flexibility index (Phi) is 5.93. The number of hydrogen-bond acceptors (Lipinski definition) is 2. The van der Waals surface area contributed by atoms with Gasteiger partial charge in [-0.1, -0.05) is 36.1 Å². The maximum atomic E-state index is 6.17. The van der Waals surface area contributed by atoms with Gasteiger partial charge in [-0.25, -0.2) is 0 Å². The van der Waals surface area contributed by atoms with Gasteiger partial charge in [0, 0.05) is 10.6 Å². The largest absolute Gasteiger partial charge is 0.496 e. The van der Waals surface area contributed by atoms with E-state index < -0.39 is 0 Å². The summed E-state index contributed by atoms with van der Waals surface area (Å²) >= 11 is 6.17. The van der Waals surface area contributed by atoms with Crippen molar-refractivity contribution in [3.8, 4) is 5.75 Å². The van der Waals surface area contributed by atoms with E-state index in [2.05, 4.69) is 11.4 Å². The number of nitrogens with one attached hydrogen (secondary N) is 1. The molecule has 0 heterocycles. The van der Waals surface area contributed by atoms with Crippen LogP contribution in [0, 0.1) is 0 Å². The zero-order valence-corrected chi connectivity index (χ0v) is 13.2. The van der Waals surface area contributed by atoms with Crippen molar-refractivity contribution < 1.29 is 4.74 Å². The first kappa shape index (κ1) is 15.4. The molecule has 2 nitrogen and oxygen atoms in total. The third kappa shape index (κ3) is 3.77. The lowest BCUT2D eigenvalue weighted by Gasteiger charge is -2.24. The van der Waals surface area contributed by atoms with Crippen LogP contribution < -0.4 is 10.1 Å². The van der Waals surface area contributed by atoms with E-state index in [4.69, 9.17) is 16.3 Å². The van der Waals surface area contributed by atoms with Crippen LogP contribution in [0.15, 0.2) is 29.8 Å². The van der Waals surface area contributed by atoms with E-state index in [0.29, 0.717) is 0 Å². The van der Waals surface area contributed by atoms with Gasteiger partial charge in [-0.15, -0.1) is 0 Å². The molecule has 2 rings (SSSR count). The lowest BCUT2D eigenvalue weighted by atomic mass is 9.90. The van der Waals surface area contributed by atoms with Crippen molar-refractivity contribution in [3.05, 3.63) is 40.4 Å². The van der Waals surface area contributed by atoms with Crippen molar-refractivity contribution in [1.29, 1.82) is 0 Å². The molecule has 0 spiro atoms. The van der Waals surface area contributed by atoms with Crippen molar-refractivity contribution in [2.45, 2.75) is 44.6 Å². The highest BCUT2D eigenvalue weighted by Crippen LogP contribution is 2.35. The highest BCUT2D eigenvalue weighted by Gasteiger charge is 2.19. The fraction of sp³-hybridized carbons (Fsp3) is 0.529. The first-order valence-corrected chi connectivity index (χ1v) is 7.83. The number of hydrogen-bond donors (Lipinski definition) is 1. The summed E-state index contributed by atoms with van der Waals surface area (Å²) in [5.41, 5.74) is 2.60. The van der Waals surface area contributed by atoms with Crippen LogP contribution in [0.25, 0.3) is 0 Å². The van der Waals surface area contributed by atoms with E-state index in [1.807, 2.05) is 25.2 Å². The number of rotatable bonds is 4. The minimum atomic E-state index is 0.196. The quantitative estimate of drug-likeness (QED) is 0.798. The number of benzene rings is 1. The molecule has 3 heteroatoms. The van der Waals surface area contributed by atoms with E-state index in [-0.39, 0.29) is 6.04 Å². The van der Waals surface area contributed by atoms with Crippen LogP contribution in [0.4, 0.5) is 0 Å². The SMILES string of the molecule is CNC(/C1=C/CCCCCC1)c1cc(Cl)ccc1OC. The Bertz CT molecular complexity index is 470. The van der Waals surface area contributed by atoms with E-state index in [9.17, 15) is 0 Å². The summed E-state index contributed by atoms with van der Waals surface area (Å²) in [6.45, 7) is 0. The van der Waals surface area contributed by atoms with Gasteiger partial charge in [-0.05, 0) is 50.9 Å². The molecule has 0 aliphatic heterocycles. The zero-order chi connectivity index (χ0) is 14.4. The fourth-order valence-electron chi connectivity index (χ4n) is 2.95. The molecule has 20 heavy (non-hydrogen) atoms. The van der Waals surface area contributed by atoms with Crippen molar-refractivity contribution in [2.24, 2.45) is 0 Å². The monoisotopic (exact) mass is 293 g/mol. The topological polar surface area (TPSA) is 21.3 Å². The van der Waals surface area contributed by atoms with Gasteiger partial charge in [0.1, 0.15) is 5.75 Å². The molecule has 1 aliphatic rings. The van der Waals surface area contributed by atoms with E-state index in [1.54, 1.807) is 7.11 Å². The normalized spacial score (nSPS) is 20.4. The van der Waals surface area contributed by atoms with Crippen molar-refractivity contribution in [1.82, 2.24) is 5.32 Å². The van der Waals surface area contributed by atoms with Crippen LogP contribution >= 0.6 is 11.6 Å². The van der Waals surface area contributed by atoms with Crippen LogP contribution in [0.3, 0.4) is 0 Å². The van der Waals surface area contributed by atoms with E-state index in [1.165, 1.54) is 37.7 Å². The standard InChI is InChI=1S/C17H24ClNO/c1-19-17(13-8-6-4-3-5-7-9-13)15-12-14(18)10-11-16(15)20-2/h8,10-12,17,19H,3-7,9H2,1-2H3/b13-8+. The molecule has 1 unspecified atom stereocenters. The number of allylic oxidation sites excluding steroid dienone is 1. The lowest BCUT2D eigenvalue weighted by molar-refractivity contribution is 0.404. The minimum Gasteiger partial charge on any atom is -0.496 e. The fourth-order valence-corrected chi connectivity index (χ4v) is 3.13. The summed E-state index contributed by atoms with van der Waals surface area (Å²) < 4.78 is 5.50. The molecule has 1 aliphatic carbocycles. The average molecular weight is 294 g/mol. The molecule has 0 radical (unpaired) electrons. The highest BCUT2D eigenvalue weighted by atomic mass is 35.5. The highest BCUT2D eigenvalue weighted by molar-refractivity contribution is 6.30. The second-order valence-corrected chi connectivity index (χ2v) is 5.78. The summed E-state index contributed by atoms with van der Waals surface area (Å²) in [4.78, 5) is 0. The Morgan fingerprint density at radius 2 is 2.00 bits per heavy atom. The smallest absolute Gasteiger partial charge is 0.124 e. The average Bonchev–Trinajstić information content (AvgIpc) is 2.42. The minimum absolute atomic E-state index is 0.196. The number of ether oxygens (including phenoxy) is 1. The molecule has 0 aromatic heterocycles. The van der Waals surface area contributed by atoms with Gasteiger partial charge in [-0.2, -0.15) is 0 Å². The molecular formula is C17H24ClNO. The third-order valence-corrected chi connectivity index (χ3v) is 4.22. The molecule has 0 fully saturated rings. The van der Waals surface area contributed by atoms with E-state index in [0.717, 1.165) is 22.8 Å². The van der Waals surface area contributed by atoms with Crippen LogP contribution in [-0.2, 0) is 0 Å². The summed E-state index contributed by atoms with van der Waals surface area (Å²) in [5, 5.41) is 4.19. The molecule has 110 valence electrons. The van der Waals surface area contributed by atoms with Crippen LogP contribution in [0.1, 0.15) is 50.1 Å². The molecule has 1 atom stereocenters. The second kappa shape index (κ2) is 7.70. The first-order valence-electron chi connectivity index (χ1n) is 7.46. The molecular weight excluding hydrogens is 270 g/mol. The molecule has 0 saturated carbocycles. The Hall–Kier alpha value is -0.990. The van der Waals surface area contributed by atoms with Crippen LogP contribution in [0.2, 0.25) is 5.02 Å². The van der Waals surface area contributed by atoms with Gasteiger partial charge >= 0.3 is 0 Å². The molecule has 0 saturated heterocycles. The lowest BCUT2D eigenvalue weighted by Crippen LogP contribution is -2.20. The van der Waals surface area contributed by atoms with Gasteiger partial charge in [0.2, 0.25) is 0 Å². The number of likely N-dealkylation sites (N-methyl/N-ethyl adjacent to an activating group) is 1. The summed E-state index contributed by atoms with van der Waals surface area (Å²) in [7, 11) is 3.72. The number of halogens is 1. The maximum absolute atomic E-state index is 6.17. The third-order valence-electron chi connectivity index (χ3n) is 3.99. The number of methoxy groups -OCH3 is 1. The Morgan fingerprint density at radius 1 is 1.20 bits per heavy atom. The summed E-state index contributed by atoms with van der Waals surface area (Å²) in [6, 6.07) is 6.04. The van der Waals surface area contributed by atoms with Crippen molar-refractivity contribution in [2.75, 3.05) is 14.2 Å². The van der Waals surface area contributed by atoms with Gasteiger partial charge in [0.15, 0.2) is 0 Å². The zero-order valence-electron chi connectivity index (χ0n) is 12.4. The summed E-state index contributed by atoms with van der Waals surface area (Å²) in [5.74, 6) is 0.900. The van der Waals surface area contributed by atoms with Crippen molar-refractivity contribution >= 4 is 11.6 Å². The molecule has 0 amide bonds. The molecule has 0 bridgehead atoms. The molecule has 1 aromatic carbocycles. The Balaban J connectivity index is 2.33. The predicted octanol–water partition coefficient (Wildman–Crippen LogP) is 4.89. The maximum Gasteiger partial charge on any atom is 0.124 e. The van der Waals surface area contributed by atoms with Gasteiger partial charge in [-0.3, -0.25) is 0 Å². The van der Waals surface area contributed by atoms with Crippen molar-refractivity contribution in [3.63, 3.8) is 0 Å². The summed E-state index contributed by atoms with van der Waals surface area (Å²) in [6.07, 6.45) is 9.99. The predicted molar refractivity (Wildman–Crippen MR) is 85.6 cm³/mol. The Labute approximate surface area is 127 Å². The van der Waals surface area contributed by atoms with Crippen LogP contribution in [-0.4, -0.2) is 14.2 Å². The van der Waals surface area contributed by atoms with Crippen LogP contribution in [0.5, 0.6) is 5.75 Å². The first-order chi connectivity index (χ1) is 9.76. The Morgan fingerprint density at radius 3 is 2.75 bits per heavy atom.